The first kappa shape index (κ1) is 15.0. The van der Waals surface area contributed by atoms with Crippen molar-refractivity contribution in [3.8, 4) is 0 Å². The number of amides is 1. The van der Waals surface area contributed by atoms with Crippen LogP contribution in [-0.2, 0) is 11.2 Å². The molecule has 1 fully saturated rings. The molecule has 2 rings (SSSR count). The second kappa shape index (κ2) is 6.88. The molecule has 1 saturated heterocycles. The highest BCUT2D eigenvalue weighted by Crippen LogP contribution is 2.25. The summed E-state index contributed by atoms with van der Waals surface area (Å²) in [5.41, 5.74) is 0. The average Bonchev–Trinajstić information content (AvgIpc) is 2.46. The van der Waals surface area contributed by atoms with Crippen molar-refractivity contribution in [1.82, 2.24) is 15.3 Å². The van der Waals surface area contributed by atoms with E-state index in [0.29, 0.717) is 5.15 Å². The summed E-state index contributed by atoms with van der Waals surface area (Å²) >= 11 is 6.09. The SMILES string of the molecule is CCCc1nc(Cl)cc(N2CCCCC2C(=O)NC)n1. The topological polar surface area (TPSA) is 58.1 Å². The Kier molecular flexibility index (Phi) is 5.17. The Balaban J connectivity index is 2.29. The van der Waals surface area contributed by atoms with Gasteiger partial charge in [0.1, 0.15) is 22.8 Å². The largest absolute Gasteiger partial charge is 0.357 e. The number of likely N-dealkylation sites (N-methyl/N-ethyl adjacent to an activating group) is 1. The van der Waals surface area contributed by atoms with Crippen molar-refractivity contribution in [2.75, 3.05) is 18.5 Å². The third-order valence-corrected chi connectivity index (χ3v) is 3.74. The fourth-order valence-electron chi connectivity index (χ4n) is 2.58. The third-order valence-electron chi connectivity index (χ3n) is 3.55. The molecule has 0 spiro atoms. The van der Waals surface area contributed by atoms with Crippen molar-refractivity contribution in [2.45, 2.75) is 45.1 Å². The zero-order valence-electron chi connectivity index (χ0n) is 12.0. The van der Waals surface area contributed by atoms with Gasteiger partial charge in [-0.2, -0.15) is 0 Å². The van der Waals surface area contributed by atoms with Crippen LogP contribution in [0.4, 0.5) is 5.82 Å². The molecule has 0 aliphatic carbocycles. The molecule has 6 heteroatoms. The van der Waals surface area contributed by atoms with Crippen molar-refractivity contribution in [3.63, 3.8) is 0 Å². The van der Waals surface area contributed by atoms with Crippen molar-refractivity contribution in [1.29, 1.82) is 0 Å². The first-order valence-corrected chi connectivity index (χ1v) is 7.55. The molecule has 1 N–H and O–H groups in total. The van der Waals surface area contributed by atoms with Gasteiger partial charge < -0.3 is 10.2 Å². The number of carbonyl (C=O) groups excluding carboxylic acids is 1. The highest BCUT2D eigenvalue weighted by Gasteiger charge is 2.29. The zero-order valence-corrected chi connectivity index (χ0v) is 12.8. The lowest BCUT2D eigenvalue weighted by atomic mass is 10.0. The number of halogens is 1. The molecule has 0 bridgehead atoms. The van der Waals surface area contributed by atoms with Crippen LogP contribution in [0.25, 0.3) is 0 Å². The number of hydrogen-bond donors (Lipinski definition) is 1. The van der Waals surface area contributed by atoms with E-state index in [0.717, 1.165) is 50.3 Å². The summed E-state index contributed by atoms with van der Waals surface area (Å²) < 4.78 is 0. The van der Waals surface area contributed by atoms with Crippen LogP contribution in [0.2, 0.25) is 5.15 Å². The van der Waals surface area contributed by atoms with Crippen LogP contribution < -0.4 is 10.2 Å². The van der Waals surface area contributed by atoms with Crippen LogP contribution in [0, 0.1) is 0 Å². The van der Waals surface area contributed by atoms with E-state index in [-0.39, 0.29) is 11.9 Å². The monoisotopic (exact) mass is 296 g/mol. The van der Waals surface area contributed by atoms with E-state index in [2.05, 4.69) is 27.1 Å². The molecule has 1 aliphatic heterocycles. The lowest BCUT2D eigenvalue weighted by molar-refractivity contribution is -0.122. The van der Waals surface area contributed by atoms with Gasteiger partial charge in [0.2, 0.25) is 5.91 Å². The van der Waals surface area contributed by atoms with E-state index in [9.17, 15) is 4.79 Å². The minimum atomic E-state index is -0.158. The number of rotatable bonds is 4. The fourth-order valence-corrected chi connectivity index (χ4v) is 2.77. The molecular weight excluding hydrogens is 276 g/mol. The molecular formula is C14H21ClN4O. The van der Waals surface area contributed by atoms with Crippen LogP contribution in [0.3, 0.4) is 0 Å². The van der Waals surface area contributed by atoms with E-state index >= 15 is 0 Å². The highest BCUT2D eigenvalue weighted by molar-refractivity contribution is 6.29. The maximum Gasteiger partial charge on any atom is 0.242 e. The van der Waals surface area contributed by atoms with Gasteiger partial charge in [-0.3, -0.25) is 4.79 Å². The zero-order chi connectivity index (χ0) is 14.5. The number of carbonyl (C=O) groups is 1. The third kappa shape index (κ3) is 3.39. The van der Waals surface area contributed by atoms with Crippen LogP contribution in [0.5, 0.6) is 0 Å². The van der Waals surface area contributed by atoms with Crippen LogP contribution >= 0.6 is 11.6 Å². The average molecular weight is 297 g/mol. The Morgan fingerprint density at radius 1 is 1.50 bits per heavy atom. The highest BCUT2D eigenvalue weighted by atomic mass is 35.5. The number of piperidine rings is 1. The van der Waals surface area contributed by atoms with Gasteiger partial charge in [-0.25, -0.2) is 9.97 Å². The molecule has 1 atom stereocenters. The van der Waals surface area contributed by atoms with Gasteiger partial charge in [0.25, 0.3) is 0 Å². The Labute approximate surface area is 124 Å². The summed E-state index contributed by atoms with van der Waals surface area (Å²) in [5.74, 6) is 1.55. The molecule has 1 amide bonds. The number of hydrogen-bond acceptors (Lipinski definition) is 4. The second-order valence-corrected chi connectivity index (χ2v) is 5.42. The van der Waals surface area contributed by atoms with E-state index in [4.69, 9.17) is 11.6 Å². The number of nitrogens with one attached hydrogen (secondary N) is 1. The quantitative estimate of drug-likeness (QED) is 0.865. The summed E-state index contributed by atoms with van der Waals surface area (Å²) in [5, 5.41) is 3.18. The Morgan fingerprint density at radius 2 is 2.30 bits per heavy atom. The van der Waals surface area contributed by atoms with Gasteiger partial charge in [-0.05, 0) is 25.7 Å². The molecule has 1 unspecified atom stereocenters. The van der Waals surface area contributed by atoms with Gasteiger partial charge in [0.05, 0.1) is 0 Å². The van der Waals surface area contributed by atoms with Gasteiger partial charge in [-0.1, -0.05) is 18.5 Å². The number of aromatic nitrogens is 2. The lowest BCUT2D eigenvalue weighted by Gasteiger charge is -2.35. The number of aryl methyl sites for hydroxylation is 1. The summed E-state index contributed by atoms with van der Waals surface area (Å²) in [6.45, 7) is 2.91. The molecule has 0 aromatic carbocycles. The van der Waals surface area contributed by atoms with Gasteiger partial charge in [0.15, 0.2) is 0 Å². The normalized spacial score (nSPS) is 18.9. The van der Waals surface area contributed by atoms with Gasteiger partial charge in [0, 0.05) is 26.1 Å². The fraction of sp³-hybridized carbons (Fsp3) is 0.643. The van der Waals surface area contributed by atoms with E-state index < -0.39 is 0 Å². The van der Waals surface area contributed by atoms with E-state index in [1.807, 2.05) is 0 Å². The van der Waals surface area contributed by atoms with Crippen LogP contribution in [-0.4, -0.2) is 35.5 Å². The molecule has 0 radical (unpaired) electrons. The first-order chi connectivity index (χ1) is 9.65. The molecule has 0 saturated carbocycles. The first-order valence-electron chi connectivity index (χ1n) is 7.17. The number of nitrogens with zero attached hydrogens (tertiary/aromatic N) is 3. The second-order valence-electron chi connectivity index (χ2n) is 5.03. The predicted octanol–water partition coefficient (Wildman–Crippen LogP) is 2.19. The molecule has 1 aliphatic rings. The minimum Gasteiger partial charge on any atom is -0.357 e. The maximum absolute atomic E-state index is 12.0. The van der Waals surface area contributed by atoms with Gasteiger partial charge >= 0.3 is 0 Å². The molecule has 1 aromatic rings. The van der Waals surface area contributed by atoms with Crippen molar-refractivity contribution in [2.24, 2.45) is 0 Å². The van der Waals surface area contributed by atoms with Crippen molar-refractivity contribution in [3.05, 3.63) is 17.0 Å². The summed E-state index contributed by atoms with van der Waals surface area (Å²) in [6.07, 6.45) is 4.75. The summed E-state index contributed by atoms with van der Waals surface area (Å²) in [7, 11) is 1.67. The van der Waals surface area contributed by atoms with Crippen LogP contribution in [0.1, 0.15) is 38.4 Å². The Morgan fingerprint density at radius 3 is 3.00 bits per heavy atom. The van der Waals surface area contributed by atoms with Crippen molar-refractivity contribution < 1.29 is 4.79 Å². The smallest absolute Gasteiger partial charge is 0.242 e. The summed E-state index contributed by atoms with van der Waals surface area (Å²) in [4.78, 5) is 22.9. The summed E-state index contributed by atoms with van der Waals surface area (Å²) in [6, 6.07) is 1.59. The molecule has 5 nitrogen and oxygen atoms in total. The van der Waals surface area contributed by atoms with E-state index in [1.165, 1.54) is 0 Å². The Hall–Kier alpha value is -1.36. The minimum absolute atomic E-state index is 0.0384. The standard InChI is InChI=1S/C14H21ClN4O/c1-3-6-12-17-11(15)9-13(18-12)19-8-5-4-7-10(19)14(20)16-2/h9-10H,3-8H2,1-2H3,(H,16,20). The molecule has 1 aromatic heterocycles. The Bertz CT molecular complexity index is 480. The van der Waals surface area contributed by atoms with E-state index in [1.54, 1.807) is 13.1 Å². The molecule has 20 heavy (non-hydrogen) atoms. The van der Waals surface area contributed by atoms with Crippen LogP contribution in [0.15, 0.2) is 6.07 Å². The lowest BCUT2D eigenvalue weighted by Crippen LogP contribution is -2.49. The predicted molar refractivity (Wildman–Crippen MR) is 80.1 cm³/mol. The van der Waals surface area contributed by atoms with Gasteiger partial charge in [-0.15, -0.1) is 0 Å². The molecule has 110 valence electrons. The van der Waals surface area contributed by atoms with Crippen molar-refractivity contribution >= 4 is 23.3 Å². The molecule has 2 heterocycles. The number of anilines is 1. The maximum atomic E-state index is 12.0.